The molecule has 3 N–H and O–H groups in total. The normalized spacial score (nSPS) is 12.3. The molecule has 114 valence electrons. The summed E-state index contributed by atoms with van der Waals surface area (Å²) in [4.78, 5) is 11.6. The number of alkyl carbamates (subject to hydrolysis) is 1. The maximum atomic E-state index is 11.6. The van der Waals surface area contributed by atoms with Gasteiger partial charge < -0.3 is 15.4 Å². The van der Waals surface area contributed by atoms with Crippen LogP contribution in [0.15, 0.2) is 6.20 Å². The van der Waals surface area contributed by atoms with Crippen molar-refractivity contribution in [1.82, 2.24) is 20.8 Å². The molecule has 6 nitrogen and oxygen atoms in total. The number of hydrogen-bond acceptors (Lipinski definition) is 4. The monoisotopic (exact) mass is 282 g/mol. The third kappa shape index (κ3) is 6.06. The lowest BCUT2D eigenvalue weighted by Gasteiger charge is -2.28. The van der Waals surface area contributed by atoms with Gasteiger partial charge in [0, 0.05) is 29.9 Å². The number of hydrogen-bond donors (Lipinski definition) is 3. The van der Waals surface area contributed by atoms with E-state index in [1.165, 1.54) is 0 Å². The first-order valence-corrected chi connectivity index (χ1v) is 6.80. The molecule has 6 heteroatoms. The van der Waals surface area contributed by atoms with Gasteiger partial charge >= 0.3 is 6.09 Å². The largest absolute Gasteiger partial charge is 0.444 e. The first-order valence-electron chi connectivity index (χ1n) is 6.80. The van der Waals surface area contributed by atoms with Crippen LogP contribution in [-0.2, 0) is 11.3 Å². The summed E-state index contributed by atoms with van der Waals surface area (Å²) in [6.45, 7) is 12.8. The van der Waals surface area contributed by atoms with Crippen molar-refractivity contribution < 1.29 is 9.53 Å². The van der Waals surface area contributed by atoms with Gasteiger partial charge in [-0.25, -0.2) is 4.79 Å². The van der Waals surface area contributed by atoms with Crippen LogP contribution in [0.3, 0.4) is 0 Å². The molecule has 1 heterocycles. The Kier molecular flexibility index (Phi) is 5.16. The summed E-state index contributed by atoms with van der Waals surface area (Å²) < 4.78 is 5.21. The standard InChI is InChI=1S/C14H26N4O2/c1-10-11(8-17-18-10)7-16-14(5,6)9-15-12(19)20-13(2,3)4/h8,16H,7,9H2,1-6H3,(H,15,19)(H,17,18). The summed E-state index contributed by atoms with van der Waals surface area (Å²) in [6, 6.07) is 0. The Labute approximate surface area is 120 Å². The predicted molar refractivity (Wildman–Crippen MR) is 78.5 cm³/mol. The number of rotatable bonds is 5. The second-order valence-corrected chi connectivity index (χ2v) is 6.61. The zero-order chi connectivity index (χ0) is 15.4. The molecule has 0 aromatic carbocycles. The van der Waals surface area contributed by atoms with Gasteiger partial charge in [-0.2, -0.15) is 5.10 Å². The number of H-pyrrole nitrogens is 1. The van der Waals surface area contributed by atoms with E-state index in [9.17, 15) is 4.79 Å². The van der Waals surface area contributed by atoms with Crippen LogP contribution in [0.5, 0.6) is 0 Å². The van der Waals surface area contributed by atoms with E-state index < -0.39 is 11.7 Å². The highest BCUT2D eigenvalue weighted by atomic mass is 16.6. The first kappa shape index (κ1) is 16.5. The Morgan fingerprint density at radius 3 is 2.50 bits per heavy atom. The lowest BCUT2D eigenvalue weighted by molar-refractivity contribution is 0.0513. The van der Waals surface area contributed by atoms with Gasteiger partial charge in [-0.1, -0.05) is 0 Å². The van der Waals surface area contributed by atoms with Crippen LogP contribution in [0.25, 0.3) is 0 Å². The molecule has 1 aromatic rings. The number of carbonyl (C=O) groups excluding carboxylic acids is 1. The molecular weight excluding hydrogens is 256 g/mol. The number of carbonyl (C=O) groups is 1. The highest BCUT2D eigenvalue weighted by Crippen LogP contribution is 2.09. The van der Waals surface area contributed by atoms with Gasteiger partial charge in [-0.05, 0) is 41.5 Å². The number of aromatic amines is 1. The topological polar surface area (TPSA) is 79.0 Å². The Hall–Kier alpha value is -1.56. The molecule has 1 amide bonds. The van der Waals surface area contributed by atoms with Gasteiger partial charge in [0.1, 0.15) is 5.60 Å². The second kappa shape index (κ2) is 6.26. The van der Waals surface area contributed by atoms with Crippen LogP contribution in [-0.4, -0.2) is 34.0 Å². The van der Waals surface area contributed by atoms with Crippen LogP contribution in [0.1, 0.15) is 45.9 Å². The highest BCUT2D eigenvalue weighted by molar-refractivity contribution is 5.67. The minimum absolute atomic E-state index is 0.236. The van der Waals surface area contributed by atoms with E-state index in [4.69, 9.17) is 4.74 Å². The van der Waals surface area contributed by atoms with Crippen LogP contribution in [0.2, 0.25) is 0 Å². The molecule has 0 aliphatic heterocycles. The van der Waals surface area contributed by atoms with Crippen molar-refractivity contribution in [2.75, 3.05) is 6.54 Å². The SMILES string of the molecule is Cc1[nH]ncc1CNC(C)(C)CNC(=O)OC(C)(C)C. The molecule has 0 saturated carbocycles. The second-order valence-electron chi connectivity index (χ2n) is 6.61. The van der Waals surface area contributed by atoms with Crippen molar-refractivity contribution in [2.45, 2.75) is 59.2 Å². The smallest absolute Gasteiger partial charge is 0.407 e. The summed E-state index contributed by atoms with van der Waals surface area (Å²) >= 11 is 0. The molecule has 0 spiro atoms. The molecule has 1 rings (SSSR count). The molecule has 0 fully saturated rings. The van der Waals surface area contributed by atoms with Crippen molar-refractivity contribution in [3.8, 4) is 0 Å². The minimum Gasteiger partial charge on any atom is -0.444 e. The van der Waals surface area contributed by atoms with E-state index >= 15 is 0 Å². The number of amides is 1. The molecule has 0 atom stereocenters. The van der Waals surface area contributed by atoms with Gasteiger partial charge in [-0.15, -0.1) is 0 Å². The van der Waals surface area contributed by atoms with Crippen molar-refractivity contribution in [3.05, 3.63) is 17.5 Å². The van der Waals surface area contributed by atoms with E-state index in [1.54, 1.807) is 6.20 Å². The maximum Gasteiger partial charge on any atom is 0.407 e. The Morgan fingerprint density at radius 2 is 2.00 bits per heavy atom. The third-order valence-corrected chi connectivity index (χ3v) is 2.77. The number of nitrogens with zero attached hydrogens (tertiary/aromatic N) is 1. The number of ether oxygens (including phenoxy) is 1. The molecule has 0 aliphatic carbocycles. The van der Waals surface area contributed by atoms with Crippen LogP contribution in [0, 0.1) is 6.92 Å². The summed E-state index contributed by atoms with van der Waals surface area (Å²) in [7, 11) is 0. The lowest BCUT2D eigenvalue weighted by Crippen LogP contribution is -2.49. The zero-order valence-corrected chi connectivity index (χ0v) is 13.3. The summed E-state index contributed by atoms with van der Waals surface area (Å²) in [5.41, 5.74) is 1.46. The van der Waals surface area contributed by atoms with Gasteiger partial charge in [0.25, 0.3) is 0 Å². The average Bonchev–Trinajstić information content (AvgIpc) is 2.68. The lowest BCUT2D eigenvalue weighted by atomic mass is 10.1. The summed E-state index contributed by atoms with van der Waals surface area (Å²) in [5.74, 6) is 0. The fourth-order valence-corrected chi connectivity index (χ4v) is 1.56. The van der Waals surface area contributed by atoms with Crippen LogP contribution < -0.4 is 10.6 Å². The first-order chi connectivity index (χ1) is 9.09. The van der Waals surface area contributed by atoms with E-state index in [2.05, 4.69) is 20.8 Å². The molecule has 0 unspecified atom stereocenters. The van der Waals surface area contributed by atoms with Crippen LogP contribution >= 0.6 is 0 Å². The van der Waals surface area contributed by atoms with Crippen molar-refractivity contribution in [3.63, 3.8) is 0 Å². The number of nitrogens with one attached hydrogen (secondary N) is 3. The zero-order valence-electron chi connectivity index (χ0n) is 13.3. The summed E-state index contributed by atoms with van der Waals surface area (Å²) in [6.07, 6.45) is 1.41. The quantitative estimate of drug-likeness (QED) is 0.773. The van der Waals surface area contributed by atoms with Crippen molar-refractivity contribution >= 4 is 6.09 Å². The molecule has 0 radical (unpaired) electrons. The molecule has 0 saturated heterocycles. The minimum atomic E-state index is -0.477. The van der Waals surface area contributed by atoms with E-state index in [0.717, 1.165) is 11.3 Å². The van der Waals surface area contributed by atoms with Crippen molar-refractivity contribution in [1.29, 1.82) is 0 Å². The van der Waals surface area contributed by atoms with Gasteiger partial charge in [0.2, 0.25) is 0 Å². The maximum absolute atomic E-state index is 11.6. The Bertz CT molecular complexity index is 446. The fraction of sp³-hybridized carbons (Fsp3) is 0.714. The Balaban J connectivity index is 2.38. The highest BCUT2D eigenvalue weighted by Gasteiger charge is 2.21. The summed E-state index contributed by atoms with van der Waals surface area (Å²) in [5, 5.41) is 13.1. The predicted octanol–water partition coefficient (Wildman–Crippen LogP) is 2.11. The molecule has 20 heavy (non-hydrogen) atoms. The fourth-order valence-electron chi connectivity index (χ4n) is 1.56. The van der Waals surface area contributed by atoms with Gasteiger partial charge in [-0.3, -0.25) is 5.10 Å². The van der Waals surface area contributed by atoms with Gasteiger partial charge in [0.15, 0.2) is 0 Å². The third-order valence-electron chi connectivity index (χ3n) is 2.77. The number of aryl methyl sites for hydroxylation is 1. The molecular formula is C14H26N4O2. The van der Waals surface area contributed by atoms with Gasteiger partial charge in [0.05, 0.1) is 6.20 Å². The molecule has 1 aromatic heterocycles. The van der Waals surface area contributed by atoms with E-state index in [-0.39, 0.29) is 5.54 Å². The van der Waals surface area contributed by atoms with E-state index in [1.807, 2.05) is 41.5 Å². The van der Waals surface area contributed by atoms with E-state index in [0.29, 0.717) is 13.1 Å². The number of aromatic nitrogens is 2. The average molecular weight is 282 g/mol. The van der Waals surface area contributed by atoms with Crippen LogP contribution in [0.4, 0.5) is 4.79 Å². The Morgan fingerprint density at radius 1 is 1.35 bits per heavy atom. The van der Waals surface area contributed by atoms with Crippen molar-refractivity contribution in [2.24, 2.45) is 0 Å². The molecule has 0 bridgehead atoms. The molecule has 0 aliphatic rings.